The molecule has 0 fully saturated rings. The Morgan fingerprint density at radius 3 is 1.92 bits per heavy atom. The maximum atomic E-state index is 12.9. The molecular formula is C29H32N4O6. The summed E-state index contributed by atoms with van der Waals surface area (Å²) in [6.45, 7) is -0.677. The molecule has 2 atom stereocenters. The second-order valence-corrected chi connectivity index (χ2v) is 8.87. The van der Waals surface area contributed by atoms with Crippen LogP contribution in [0.2, 0.25) is 0 Å². The molecule has 3 aromatic carbocycles. The highest BCUT2D eigenvalue weighted by Gasteiger charge is 2.23. The first-order chi connectivity index (χ1) is 18.8. The standard InChI is InChI=1S/C29H32N4O6/c30-24(15-21-11-13-23(34)14-12-21)28(37)31-17-26(35)33-25(16-20-7-3-1-4-8-20)29(38)32-18-27(36)39-19-22-9-5-2-6-10-22/h1-14,24-25,34H,15-19,30H2,(H,31,37)(H,32,38)(H,33,35)/t24-,25-/m0/s1. The van der Waals surface area contributed by atoms with Crippen LogP contribution in [0, 0.1) is 0 Å². The van der Waals surface area contributed by atoms with Gasteiger partial charge in [-0.05, 0) is 35.2 Å². The molecule has 10 nitrogen and oxygen atoms in total. The summed E-state index contributed by atoms with van der Waals surface area (Å²) in [7, 11) is 0. The van der Waals surface area contributed by atoms with Crippen LogP contribution in [0.3, 0.4) is 0 Å². The van der Waals surface area contributed by atoms with Gasteiger partial charge in [0, 0.05) is 6.42 Å². The minimum Gasteiger partial charge on any atom is -0.508 e. The number of nitrogens with one attached hydrogen (secondary N) is 3. The number of benzene rings is 3. The number of carbonyl (C=O) groups is 4. The van der Waals surface area contributed by atoms with Crippen molar-refractivity contribution in [1.82, 2.24) is 16.0 Å². The molecule has 0 saturated carbocycles. The molecule has 0 heterocycles. The van der Waals surface area contributed by atoms with E-state index in [-0.39, 0.29) is 38.3 Å². The van der Waals surface area contributed by atoms with E-state index in [9.17, 15) is 24.3 Å². The molecule has 0 saturated heterocycles. The minimum absolute atomic E-state index is 0.0777. The molecule has 0 bridgehead atoms. The van der Waals surface area contributed by atoms with Gasteiger partial charge >= 0.3 is 5.97 Å². The highest BCUT2D eigenvalue weighted by Crippen LogP contribution is 2.11. The predicted molar refractivity (Wildman–Crippen MR) is 144 cm³/mol. The summed E-state index contributed by atoms with van der Waals surface area (Å²) in [5, 5.41) is 17.0. The number of phenols is 1. The summed E-state index contributed by atoms with van der Waals surface area (Å²) in [6, 6.07) is 22.6. The van der Waals surface area contributed by atoms with E-state index in [1.165, 1.54) is 12.1 Å². The Kier molecular flexibility index (Phi) is 11.0. The smallest absolute Gasteiger partial charge is 0.325 e. The molecule has 0 aliphatic rings. The molecule has 3 amide bonds. The number of esters is 1. The van der Waals surface area contributed by atoms with Crippen molar-refractivity contribution in [3.05, 3.63) is 102 Å². The van der Waals surface area contributed by atoms with E-state index in [2.05, 4.69) is 16.0 Å². The van der Waals surface area contributed by atoms with Crippen molar-refractivity contribution >= 4 is 23.7 Å². The Balaban J connectivity index is 1.50. The van der Waals surface area contributed by atoms with Crippen LogP contribution >= 0.6 is 0 Å². The summed E-state index contributed by atoms with van der Waals surface area (Å²) < 4.78 is 5.18. The van der Waals surface area contributed by atoms with Crippen LogP contribution in [-0.4, -0.2) is 54.0 Å². The topological polar surface area (TPSA) is 160 Å². The van der Waals surface area contributed by atoms with Gasteiger partial charge in [-0.1, -0.05) is 72.8 Å². The zero-order chi connectivity index (χ0) is 28.0. The van der Waals surface area contributed by atoms with Gasteiger partial charge in [-0.15, -0.1) is 0 Å². The van der Waals surface area contributed by atoms with Crippen LogP contribution < -0.4 is 21.7 Å². The van der Waals surface area contributed by atoms with Crippen LogP contribution in [0.15, 0.2) is 84.9 Å². The van der Waals surface area contributed by atoms with Crippen LogP contribution in [0.25, 0.3) is 0 Å². The molecule has 3 aromatic rings. The van der Waals surface area contributed by atoms with E-state index in [0.29, 0.717) is 0 Å². The fraction of sp³-hybridized carbons (Fsp3) is 0.241. The van der Waals surface area contributed by atoms with Gasteiger partial charge in [0.25, 0.3) is 0 Å². The summed E-state index contributed by atoms with van der Waals surface area (Å²) >= 11 is 0. The summed E-state index contributed by atoms with van der Waals surface area (Å²) in [5.74, 6) is -2.22. The van der Waals surface area contributed by atoms with E-state index >= 15 is 0 Å². The van der Waals surface area contributed by atoms with E-state index in [1.807, 2.05) is 60.7 Å². The second-order valence-electron chi connectivity index (χ2n) is 8.87. The Hall–Kier alpha value is -4.70. The number of rotatable bonds is 13. The van der Waals surface area contributed by atoms with E-state index in [1.54, 1.807) is 12.1 Å². The third-order valence-corrected chi connectivity index (χ3v) is 5.74. The fourth-order valence-electron chi connectivity index (χ4n) is 3.65. The number of aromatic hydroxyl groups is 1. The number of hydrogen-bond acceptors (Lipinski definition) is 7. The zero-order valence-corrected chi connectivity index (χ0v) is 21.3. The zero-order valence-electron chi connectivity index (χ0n) is 21.3. The lowest BCUT2D eigenvalue weighted by Gasteiger charge is -2.19. The molecule has 0 unspecified atom stereocenters. The molecule has 10 heteroatoms. The van der Waals surface area contributed by atoms with Crippen molar-refractivity contribution in [2.45, 2.75) is 31.5 Å². The van der Waals surface area contributed by atoms with Gasteiger partial charge < -0.3 is 31.5 Å². The molecule has 39 heavy (non-hydrogen) atoms. The Morgan fingerprint density at radius 2 is 1.28 bits per heavy atom. The molecule has 0 aromatic heterocycles. The monoisotopic (exact) mass is 532 g/mol. The summed E-state index contributed by atoms with van der Waals surface area (Å²) in [5.41, 5.74) is 8.30. The third kappa shape index (κ3) is 10.3. The van der Waals surface area contributed by atoms with Gasteiger partial charge in [0.1, 0.15) is 24.9 Å². The van der Waals surface area contributed by atoms with Gasteiger partial charge in [0.2, 0.25) is 17.7 Å². The predicted octanol–water partition coefficient (Wildman–Crippen LogP) is 0.965. The van der Waals surface area contributed by atoms with Crippen LogP contribution in [-0.2, 0) is 43.4 Å². The molecular weight excluding hydrogens is 500 g/mol. The number of carbonyl (C=O) groups excluding carboxylic acids is 4. The Bertz CT molecular complexity index is 1240. The molecule has 0 aliphatic heterocycles. The first kappa shape index (κ1) is 28.9. The van der Waals surface area contributed by atoms with Crippen molar-refractivity contribution in [3.8, 4) is 5.75 Å². The van der Waals surface area contributed by atoms with E-state index in [0.717, 1.165) is 16.7 Å². The Morgan fingerprint density at radius 1 is 0.718 bits per heavy atom. The molecule has 0 radical (unpaired) electrons. The molecule has 6 N–H and O–H groups in total. The fourth-order valence-corrected chi connectivity index (χ4v) is 3.65. The average molecular weight is 533 g/mol. The number of hydrogen-bond donors (Lipinski definition) is 5. The van der Waals surface area contributed by atoms with Crippen LogP contribution in [0.5, 0.6) is 5.75 Å². The van der Waals surface area contributed by atoms with Crippen molar-refractivity contribution in [2.75, 3.05) is 13.1 Å². The van der Waals surface area contributed by atoms with Crippen molar-refractivity contribution < 1.29 is 29.0 Å². The third-order valence-electron chi connectivity index (χ3n) is 5.74. The highest BCUT2D eigenvalue weighted by atomic mass is 16.5. The van der Waals surface area contributed by atoms with Gasteiger partial charge in [-0.25, -0.2) is 0 Å². The maximum absolute atomic E-state index is 12.9. The van der Waals surface area contributed by atoms with E-state index in [4.69, 9.17) is 10.5 Å². The number of phenolic OH excluding ortho intramolecular Hbond substituents is 1. The Labute approximate surface area is 226 Å². The second kappa shape index (κ2) is 14.9. The van der Waals surface area contributed by atoms with Crippen molar-refractivity contribution in [1.29, 1.82) is 0 Å². The summed E-state index contributed by atoms with van der Waals surface area (Å²) in [6.07, 6.45) is 0.388. The number of amides is 3. The van der Waals surface area contributed by atoms with Crippen LogP contribution in [0.4, 0.5) is 0 Å². The van der Waals surface area contributed by atoms with E-state index < -0.39 is 35.8 Å². The normalized spacial score (nSPS) is 12.0. The molecule has 204 valence electrons. The minimum atomic E-state index is -0.996. The number of nitrogens with two attached hydrogens (primary N) is 1. The SMILES string of the molecule is N[C@@H](Cc1ccc(O)cc1)C(=O)NCC(=O)N[C@@H](Cc1ccccc1)C(=O)NCC(=O)OCc1ccccc1. The largest absolute Gasteiger partial charge is 0.508 e. The first-order valence-corrected chi connectivity index (χ1v) is 12.4. The van der Waals surface area contributed by atoms with Gasteiger partial charge in [0.05, 0.1) is 12.6 Å². The lowest BCUT2D eigenvalue weighted by atomic mass is 10.0. The molecule has 0 aliphatic carbocycles. The van der Waals surface area contributed by atoms with Crippen LogP contribution in [0.1, 0.15) is 16.7 Å². The quantitative estimate of drug-likeness (QED) is 0.205. The maximum Gasteiger partial charge on any atom is 0.325 e. The summed E-state index contributed by atoms with van der Waals surface area (Å²) in [4.78, 5) is 50.0. The molecule has 0 spiro atoms. The van der Waals surface area contributed by atoms with Crippen molar-refractivity contribution in [2.24, 2.45) is 5.73 Å². The molecule has 3 rings (SSSR count). The van der Waals surface area contributed by atoms with Gasteiger partial charge in [-0.2, -0.15) is 0 Å². The first-order valence-electron chi connectivity index (χ1n) is 12.4. The average Bonchev–Trinajstić information content (AvgIpc) is 2.95. The number of ether oxygens (including phenoxy) is 1. The van der Waals surface area contributed by atoms with Gasteiger partial charge in [-0.3, -0.25) is 19.2 Å². The lowest BCUT2D eigenvalue weighted by molar-refractivity contribution is -0.145. The highest BCUT2D eigenvalue weighted by molar-refractivity contribution is 5.92. The lowest BCUT2D eigenvalue weighted by Crippen LogP contribution is -2.52. The van der Waals surface area contributed by atoms with Gasteiger partial charge in [0.15, 0.2) is 0 Å². The van der Waals surface area contributed by atoms with Crippen molar-refractivity contribution in [3.63, 3.8) is 0 Å².